The molecule has 1 atom stereocenters. The van der Waals surface area contributed by atoms with Crippen LogP contribution in [0, 0.1) is 0 Å². The Bertz CT molecular complexity index is 403. The molecule has 1 aromatic rings. The Morgan fingerprint density at radius 1 is 1.44 bits per heavy atom. The standard InChI is InChI=1S/C13H16Cl2O3/c1-16-12-6-9(7-14)5-11(15)13(12)18-8-10-3-2-4-17-10/h5-6,10H,2-4,7-8H2,1H3. The van der Waals surface area contributed by atoms with Gasteiger partial charge in [-0.3, -0.25) is 0 Å². The van der Waals surface area contributed by atoms with Gasteiger partial charge in [0, 0.05) is 12.5 Å². The molecular weight excluding hydrogens is 275 g/mol. The van der Waals surface area contributed by atoms with Gasteiger partial charge in [-0.2, -0.15) is 0 Å². The fourth-order valence-corrected chi connectivity index (χ4v) is 2.38. The number of halogens is 2. The van der Waals surface area contributed by atoms with Gasteiger partial charge in [-0.1, -0.05) is 11.6 Å². The van der Waals surface area contributed by atoms with Crippen LogP contribution in [0.1, 0.15) is 18.4 Å². The van der Waals surface area contributed by atoms with Crippen LogP contribution in [0.5, 0.6) is 11.5 Å². The van der Waals surface area contributed by atoms with Gasteiger partial charge in [-0.25, -0.2) is 0 Å². The van der Waals surface area contributed by atoms with Gasteiger partial charge in [-0.05, 0) is 30.5 Å². The minimum absolute atomic E-state index is 0.151. The van der Waals surface area contributed by atoms with Crippen molar-refractivity contribution >= 4 is 23.2 Å². The predicted octanol–water partition coefficient (Wildman–Crippen LogP) is 3.65. The predicted molar refractivity (Wildman–Crippen MR) is 72.0 cm³/mol. The van der Waals surface area contributed by atoms with Crippen molar-refractivity contribution in [2.75, 3.05) is 20.3 Å². The SMILES string of the molecule is COc1cc(CCl)cc(Cl)c1OCC1CCCO1. The molecule has 0 saturated carbocycles. The summed E-state index contributed by atoms with van der Waals surface area (Å²) in [6.45, 7) is 1.31. The van der Waals surface area contributed by atoms with Crippen LogP contribution in [-0.4, -0.2) is 26.4 Å². The van der Waals surface area contributed by atoms with E-state index >= 15 is 0 Å². The van der Waals surface area contributed by atoms with Crippen LogP contribution >= 0.6 is 23.2 Å². The first-order chi connectivity index (χ1) is 8.74. The molecule has 0 amide bonds. The van der Waals surface area contributed by atoms with Crippen LogP contribution < -0.4 is 9.47 Å². The van der Waals surface area contributed by atoms with E-state index in [0.717, 1.165) is 25.0 Å². The van der Waals surface area contributed by atoms with Crippen LogP contribution in [-0.2, 0) is 10.6 Å². The lowest BCUT2D eigenvalue weighted by atomic mass is 10.2. The van der Waals surface area contributed by atoms with Crippen molar-refractivity contribution < 1.29 is 14.2 Å². The number of methoxy groups -OCH3 is 1. The summed E-state index contributed by atoms with van der Waals surface area (Å²) in [5.41, 5.74) is 0.906. The average Bonchev–Trinajstić information content (AvgIpc) is 2.89. The third kappa shape index (κ3) is 3.22. The van der Waals surface area contributed by atoms with Crippen molar-refractivity contribution in [3.8, 4) is 11.5 Å². The summed E-state index contributed by atoms with van der Waals surface area (Å²) in [5.74, 6) is 1.56. The zero-order valence-corrected chi connectivity index (χ0v) is 11.8. The van der Waals surface area contributed by atoms with E-state index < -0.39 is 0 Å². The van der Waals surface area contributed by atoms with E-state index in [1.54, 1.807) is 13.2 Å². The van der Waals surface area contributed by atoms with Gasteiger partial charge >= 0.3 is 0 Å². The van der Waals surface area contributed by atoms with Crippen LogP contribution in [0.4, 0.5) is 0 Å². The summed E-state index contributed by atoms with van der Waals surface area (Å²) in [6, 6.07) is 3.63. The molecule has 0 aromatic heterocycles. The summed E-state index contributed by atoms with van der Waals surface area (Å²) < 4.78 is 16.5. The molecule has 0 radical (unpaired) electrons. The summed E-state index contributed by atoms with van der Waals surface area (Å²) in [7, 11) is 1.59. The molecule has 1 heterocycles. The lowest BCUT2D eigenvalue weighted by molar-refractivity contribution is 0.0670. The molecule has 0 spiro atoms. The van der Waals surface area contributed by atoms with Gasteiger partial charge in [0.25, 0.3) is 0 Å². The number of benzene rings is 1. The molecule has 1 aromatic carbocycles. The fourth-order valence-electron chi connectivity index (χ4n) is 1.94. The van der Waals surface area contributed by atoms with Gasteiger partial charge in [0.15, 0.2) is 11.5 Å². The van der Waals surface area contributed by atoms with Crippen LogP contribution in [0.25, 0.3) is 0 Å². The summed E-state index contributed by atoms with van der Waals surface area (Å²) in [6.07, 6.45) is 2.27. The largest absolute Gasteiger partial charge is 0.493 e. The summed E-state index contributed by atoms with van der Waals surface area (Å²) in [5, 5.41) is 0.517. The highest BCUT2D eigenvalue weighted by Crippen LogP contribution is 2.37. The minimum Gasteiger partial charge on any atom is -0.493 e. The van der Waals surface area contributed by atoms with Gasteiger partial charge in [-0.15, -0.1) is 11.6 Å². The second kappa shape index (κ2) is 6.50. The Morgan fingerprint density at radius 3 is 2.89 bits per heavy atom. The molecule has 0 bridgehead atoms. The van der Waals surface area contributed by atoms with Gasteiger partial charge in [0.1, 0.15) is 6.61 Å². The quantitative estimate of drug-likeness (QED) is 0.775. The first-order valence-corrected chi connectivity index (χ1v) is 6.82. The van der Waals surface area contributed by atoms with Crippen molar-refractivity contribution in [1.82, 2.24) is 0 Å². The van der Waals surface area contributed by atoms with Crippen molar-refractivity contribution in [2.24, 2.45) is 0 Å². The topological polar surface area (TPSA) is 27.7 Å². The van der Waals surface area contributed by atoms with Crippen molar-refractivity contribution in [3.05, 3.63) is 22.7 Å². The molecule has 1 saturated heterocycles. The third-order valence-electron chi connectivity index (χ3n) is 2.88. The van der Waals surface area contributed by atoms with E-state index in [1.807, 2.05) is 6.07 Å². The number of hydrogen-bond acceptors (Lipinski definition) is 3. The molecule has 1 aliphatic heterocycles. The Balaban J connectivity index is 2.10. The van der Waals surface area contributed by atoms with E-state index in [-0.39, 0.29) is 6.10 Å². The van der Waals surface area contributed by atoms with E-state index in [9.17, 15) is 0 Å². The molecule has 0 aliphatic carbocycles. The molecular formula is C13H16Cl2O3. The van der Waals surface area contributed by atoms with Crippen LogP contribution in [0.2, 0.25) is 5.02 Å². The van der Waals surface area contributed by atoms with E-state index in [1.165, 1.54) is 0 Å². The summed E-state index contributed by atoms with van der Waals surface area (Å²) in [4.78, 5) is 0. The van der Waals surface area contributed by atoms with Gasteiger partial charge in [0.2, 0.25) is 0 Å². The van der Waals surface area contributed by atoms with Crippen molar-refractivity contribution in [3.63, 3.8) is 0 Å². The highest BCUT2D eigenvalue weighted by atomic mass is 35.5. The highest BCUT2D eigenvalue weighted by molar-refractivity contribution is 6.32. The number of rotatable bonds is 5. The summed E-state index contributed by atoms with van der Waals surface area (Å²) >= 11 is 12.0. The van der Waals surface area contributed by atoms with Crippen molar-refractivity contribution in [2.45, 2.75) is 24.8 Å². The van der Waals surface area contributed by atoms with Crippen molar-refractivity contribution in [1.29, 1.82) is 0 Å². The molecule has 100 valence electrons. The minimum atomic E-state index is 0.151. The average molecular weight is 291 g/mol. The fraction of sp³-hybridized carbons (Fsp3) is 0.538. The molecule has 2 rings (SSSR count). The van der Waals surface area contributed by atoms with E-state index in [0.29, 0.717) is 29.0 Å². The van der Waals surface area contributed by atoms with E-state index in [2.05, 4.69) is 0 Å². The maximum Gasteiger partial charge on any atom is 0.179 e. The molecule has 18 heavy (non-hydrogen) atoms. The molecule has 1 aliphatic rings. The smallest absolute Gasteiger partial charge is 0.179 e. The Labute approximate surface area is 117 Å². The normalized spacial score (nSPS) is 18.9. The maximum absolute atomic E-state index is 6.17. The van der Waals surface area contributed by atoms with Gasteiger partial charge < -0.3 is 14.2 Å². The Morgan fingerprint density at radius 2 is 2.28 bits per heavy atom. The molecule has 3 nitrogen and oxygen atoms in total. The number of ether oxygens (including phenoxy) is 3. The zero-order chi connectivity index (χ0) is 13.0. The second-order valence-corrected chi connectivity index (χ2v) is 4.86. The number of alkyl halides is 1. The monoisotopic (exact) mass is 290 g/mol. The maximum atomic E-state index is 6.17. The first kappa shape index (κ1) is 13.8. The van der Waals surface area contributed by atoms with Crippen LogP contribution in [0.3, 0.4) is 0 Å². The first-order valence-electron chi connectivity index (χ1n) is 5.91. The number of hydrogen-bond donors (Lipinski definition) is 0. The Hall–Kier alpha value is -0.640. The molecule has 1 unspecified atom stereocenters. The molecule has 5 heteroatoms. The zero-order valence-electron chi connectivity index (χ0n) is 10.2. The molecule has 1 fully saturated rings. The Kier molecular flexibility index (Phi) is 4.98. The lowest BCUT2D eigenvalue weighted by Gasteiger charge is -2.16. The van der Waals surface area contributed by atoms with E-state index in [4.69, 9.17) is 37.4 Å². The van der Waals surface area contributed by atoms with Gasteiger partial charge in [0.05, 0.1) is 18.2 Å². The lowest BCUT2D eigenvalue weighted by Crippen LogP contribution is -2.16. The second-order valence-electron chi connectivity index (χ2n) is 4.19. The molecule has 0 N–H and O–H groups in total. The van der Waals surface area contributed by atoms with Crippen LogP contribution in [0.15, 0.2) is 12.1 Å². The third-order valence-corrected chi connectivity index (χ3v) is 3.47. The highest BCUT2D eigenvalue weighted by Gasteiger charge is 2.18.